The molecular formula is C12H10BrF5N2O. The Balaban J connectivity index is 2.54. The van der Waals surface area contributed by atoms with Crippen molar-refractivity contribution in [1.82, 2.24) is 0 Å². The van der Waals surface area contributed by atoms with Crippen LogP contribution in [0.15, 0.2) is 27.7 Å². The van der Waals surface area contributed by atoms with Gasteiger partial charge in [-0.15, -0.1) is 0 Å². The van der Waals surface area contributed by atoms with Gasteiger partial charge >= 0.3 is 6.18 Å². The Morgan fingerprint density at radius 1 is 1.43 bits per heavy atom. The number of rotatable bonds is 2. The van der Waals surface area contributed by atoms with E-state index >= 15 is 0 Å². The quantitative estimate of drug-likeness (QED) is 0.808. The number of benzene rings is 1. The Morgan fingerprint density at radius 2 is 2.10 bits per heavy atom. The molecule has 0 amide bonds. The highest BCUT2D eigenvalue weighted by Crippen LogP contribution is 2.41. The van der Waals surface area contributed by atoms with E-state index in [1.165, 1.54) is 12.1 Å². The van der Waals surface area contributed by atoms with Crippen molar-refractivity contribution in [2.45, 2.75) is 24.2 Å². The molecule has 1 heterocycles. The van der Waals surface area contributed by atoms with Gasteiger partial charge in [0.2, 0.25) is 0 Å². The number of hydrogen-bond donors (Lipinski definition) is 1. The Hall–Kier alpha value is -1.38. The summed E-state index contributed by atoms with van der Waals surface area (Å²) in [5, 5.41) is 0. The summed E-state index contributed by atoms with van der Waals surface area (Å²) in [5.74, 6) is -0.866. The number of amidine groups is 1. The number of nitrogens with zero attached hydrogens (tertiary/aromatic N) is 1. The van der Waals surface area contributed by atoms with Crippen molar-refractivity contribution >= 4 is 22.0 Å². The van der Waals surface area contributed by atoms with Gasteiger partial charge in [-0.1, -0.05) is 15.9 Å². The lowest BCUT2D eigenvalue weighted by molar-refractivity contribution is -0.209. The first-order valence-corrected chi connectivity index (χ1v) is 6.57. The molecule has 1 aliphatic heterocycles. The van der Waals surface area contributed by atoms with Crippen LogP contribution in [0.3, 0.4) is 0 Å². The van der Waals surface area contributed by atoms with Crippen LogP contribution in [-0.2, 0) is 10.3 Å². The standard InChI is InChI=1S/C12H10BrF5N2O/c13-6-1-2-8(15)7(3-6)11(5-14)4-9(12(16,17)18)21-10(19)20-11/h1-3,9H,4-5H2,(H2,19,20)/t9?,11-/m1/s1. The molecule has 2 rings (SSSR count). The SMILES string of the molecule is NC1=N[C@](CF)(c2cc(Br)ccc2F)CC(C(F)(F)F)O1. The molecule has 0 saturated heterocycles. The Morgan fingerprint density at radius 3 is 2.67 bits per heavy atom. The van der Waals surface area contributed by atoms with Gasteiger partial charge in [0, 0.05) is 16.5 Å². The number of nitrogens with two attached hydrogens (primary N) is 1. The molecule has 0 aromatic heterocycles. The van der Waals surface area contributed by atoms with Crippen molar-refractivity contribution in [2.24, 2.45) is 10.7 Å². The van der Waals surface area contributed by atoms with Gasteiger partial charge in [0.05, 0.1) is 0 Å². The first-order valence-electron chi connectivity index (χ1n) is 5.78. The molecular weight excluding hydrogens is 363 g/mol. The molecule has 116 valence electrons. The molecule has 0 spiro atoms. The summed E-state index contributed by atoms with van der Waals surface area (Å²) in [5.41, 5.74) is 2.86. The van der Waals surface area contributed by atoms with Crippen LogP contribution in [-0.4, -0.2) is 25.0 Å². The molecule has 0 bridgehead atoms. The number of halogens is 6. The van der Waals surface area contributed by atoms with E-state index in [1.54, 1.807) is 0 Å². The molecule has 9 heteroatoms. The lowest BCUT2D eigenvalue weighted by atomic mass is 9.85. The molecule has 0 saturated carbocycles. The van der Waals surface area contributed by atoms with Crippen LogP contribution in [0, 0.1) is 5.82 Å². The minimum absolute atomic E-state index is 0.306. The zero-order valence-electron chi connectivity index (χ0n) is 10.4. The predicted octanol–water partition coefficient (Wildman–Crippen LogP) is 3.42. The summed E-state index contributed by atoms with van der Waals surface area (Å²) in [6.07, 6.45) is -7.99. The lowest BCUT2D eigenvalue weighted by Gasteiger charge is -2.36. The largest absolute Gasteiger partial charge is 0.452 e. The molecule has 3 nitrogen and oxygen atoms in total. The number of hydrogen-bond acceptors (Lipinski definition) is 3. The Kier molecular flexibility index (Phi) is 4.14. The molecule has 2 atom stereocenters. The maximum absolute atomic E-state index is 13.9. The molecule has 21 heavy (non-hydrogen) atoms. The van der Waals surface area contributed by atoms with Crippen LogP contribution in [0.2, 0.25) is 0 Å². The fourth-order valence-electron chi connectivity index (χ4n) is 2.14. The van der Waals surface area contributed by atoms with E-state index in [0.29, 0.717) is 4.47 Å². The number of alkyl halides is 4. The molecule has 1 aliphatic rings. The van der Waals surface area contributed by atoms with Crippen molar-refractivity contribution in [3.05, 3.63) is 34.1 Å². The third-order valence-corrected chi connectivity index (χ3v) is 3.62. The molecule has 1 aromatic carbocycles. The van der Waals surface area contributed by atoms with Gasteiger partial charge in [0.15, 0.2) is 6.10 Å². The molecule has 1 aromatic rings. The van der Waals surface area contributed by atoms with E-state index in [2.05, 4.69) is 25.7 Å². The first kappa shape index (κ1) is 16.0. The molecule has 0 radical (unpaired) electrons. The van der Waals surface area contributed by atoms with Crippen molar-refractivity contribution in [2.75, 3.05) is 6.67 Å². The van der Waals surface area contributed by atoms with Gasteiger partial charge < -0.3 is 10.5 Å². The second-order valence-electron chi connectivity index (χ2n) is 4.59. The van der Waals surface area contributed by atoms with E-state index in [0.717, 1.165) is 6.07 Å². The van der Waals surface area contributed by atoms with E-state index in [9.17, 15) is 22.0 Å². The summed E-state index contributed by atoms with van der Waals surface area (Å²) in [6, 6.07) is 2.73. The Bertz CT molecular complexity index is 577. The monoisotopic (exact) mass is 372 g/mol. The third kappa shape index (κ3) is 3.12. The van der Waals surface area contributed by atoms with Crippen LogP contribution >= 0.6 is 15.9 Å². The number of aliphatic imine (C=N–C) groups is 1. The van der Waals surface area contributed by atoms with E-state index < -0.39 is 42.8 Å². The minimum atomic E-state index is -4.76. The predicted molar refractivity (Wildman–Crippen MR) is 68.9 cm³/mol. The highest BCUT2D eigenvalue weighted by atomic mass is 79.9. The molecule has 1 unspecified atom stereocenters. The maximum atomic E-state index is 13.9. The summed E-state index contributed by atoms with van der Waals surface area (Å²) in [6.45, 7) is -1.34. The van der Waals surface area contributed by atoms with Crippen molar-refractivity contribution in [1.29, 1.82) is 0 Å². The average molecular weight is 373 g/mol. The van der Waals surface area contributed by atoms with Crippen molar-refractivity contribution in [3.63, 3.8) is 0 Å². The van der Waals surface area contributed by atoms with Crippen molar-refractivity contribution < 1.29 is 26.7 Å². The lowest BCUT2D eigenvalue weighted by Crippen LogP contribution is -2.48. The maximum Gasteiger partial charge on any atom is 0.425 e. The Labute approximate surface area is 125 Å². The van der Waals surface area contributed by atoms with E-state index in [4.69, 9.17) is 5.73 Å². The normalized spacial score (nSPS) is 26.2. The smallest absolute Gasteiger partial charge is 0.425 e. The van der Waals surface area contributed by atoms with Gasteiger partial charge in [0.25, 0.3) is 6.02 Å². The summed E-state index contributed by atoms with van der Waals surface area (Å²) < 4.78 is 70.7. The van der Waals surface area contributed by atoms with Gasteiger partial charge in [0.1, 0.15) is 18.0 Å². The summed E-state index contributed by atoms with van der Waals surface area (Å²) in [7, 11) is 0. The second kappa shape index (κ2) is 5.43. The van der Waals surface area contributed by atoms with Crippen LogP contribution in [0.5, 0.6) is 0 Å². The first-order chi connectivity index (χ1) is 9.68. The fourth-order valence-corrected chi connectivity index (χ4v) is 2.50. The van der Waals surface area contributed by atoms with Crippen LogP contribution in [0.25, 0.3) is 0 Å². The van der Waals surface area contributed by atoms with Gasteiger partial charge in [-0.2, -0.15) is 13.2 Å². The van der Waals surface area contributed by atoms with Gasteiger partial charge in [-0.25, -0.2) is 13.8 Å². The summed E-state index contributed by atoms with van der Waals surface area (Å²) >= 11 is 3.06. The third-order valence-electron chi connectivity index (χ3n) is 3.13. The zero-order valence-corrected chi connectivity index (χ0v) is 12.0. The average Bonchev–Trinajstić information content (AvgIpc) is 2.39. The highest BCUT2D eigenvalue weighted by molar-refractivity contribution is 9.10. The van der Waals surface area contributed by atoms with Crippen LogP contribution < -0.4 is 5.73 Å². The molecule has 2 N–H and O–H groups in total. The molecule has 0 aliphatic carbocycles. The second-order valence-corrected chi connectivity index (χ2v) is 5.51. The van der Waals surface area contributed by atoms with Crippen LogP contribution in [0.1, 0.15) is 12.0 Å². The van der Waals surface area contributed by atoms with Gasteiger partial charge in [-0.3, -0.25) is 0 Å². The number of ether oxygens (including phenoxy) is 1. The molecule has 0 fully saturated rings. The fraction of sp³-hybridized carbons (Fsp3) is 0.417. The highest BCUT2D eigenvalue weighted by Gasteiger charge is 2.52. The van der Waals surface area contributed by atoms with Crippen LogP contribution in [0.4, 0.5) is 22.0 Å². The zero-order chi connectivity index (χ0) is 15.8. The van der Waals surface area contributed by atoms with Gasteiger partial charge in [-0.05, 0) is 18.2 Å². The van der Waals surface area contributed by atoms with E-state index in [1.807, 2.05) is 0 Å². The van der Waals surface area contributed by atoms with E-state index in [-0.39, 0.29) is 5.56 Å². The minimum Gasteiger partial charge on any atom is -0.452 e. The van der Waals surface area contributed by atoms with Crippen molar-refractivity contribution in [3.8, 4) is 0 Å². The summed E-state index contributed by atoms with van der Waals surface area (Å²) in [4.78, 5) is 3.60. The topological polar surface area (TPSA) is 47.6 Å².